The van der Waals surface area contributed by atoms with Crippen LogP contribution in [0.5, 0.6) is 5.75 Å². The molecule has 0 bridgehead atoms. The number of amides is 2. The maximum Gasteiger partial charge on any atom is 0.407 e. The minimum atomic E-state index is -1.07. The number of carbonyl (C=O) groups is 2. The van der Waals surface area contributed by atoms with Gasteiger partial charge in [-0.2, -0.15) is 0 Å². The second-order valence-corrected chi connectivity index (χ2v) is 8.05. The molecule has 1 aliphatic rings. The predicted octanol–water partition coefficient (Wildman–Crippen LogP) is 3.22. The molecule has 4 rings (SSSR count). The first kappa shape index (κ1) is 23.7. The van der Waals surface area contributed by atoms with Gasteiger partial charge in [-0.3, -0.25) is 4.79 Å². The quantitative estimate of drug-likeness (QED) is 0.564. The Hall–Kier alpha value is -3.44. The number of ether oxygens (including phenoxy) is 2. The number of nitrogens with one attached hydrogen (secondary N) is 1. The second-order valence-electron chi connectivity index (χ2n) is 7.61. The number of pyridine rings is 1. The number of benzene rings is 1. The number of carboxylic acid groups (broad SMARTS) is 1. The number of halogens is 3. The highest BCUT2D eigenvalue weighted by molar-refractivity contribution is 6.30. The molecule has 0 radical (unpaired) electrons. The Morgan fingerprint density at radius 1 is 1.38 bits per heavy atom. The number of fused-ring (bicyclic) bond motifs is 1. The summed E-state index contributed by atoms with van der Waals surface area (Å²) >= 11 is 6.11. The molecular formula is C22H21ClF2N4O5. The molecule has 3 heterocycles. The number of aromatic nitrogens is 2. The fourth-order valence-electron chi connectivity index (χ4n) is 4.01. The highest BCUT2D eigenvalue weighted by Gasteiger charge is 2.31. The lowest BCUT2D eigenvalue weighted by Gasteiger charge is -2.31. The van der Waals surface area contributed by atoms with Crippen LogP contribution < -0.4 is 10.1 Å². The first-order chi connectivity index (χ1) is 16.2. The van der Waals surface area contributed by atoms with E-state index < -0.39 is 41.1 Å². The van der Waals surface area contributed by atoms with Crippen molar-refractivity contribution in [3.8, 4) is 17.0 Å². The molecule has 9 nitrogen and oxygen atoms in total. The third-order valence-electron chi connectivity index (χ3n) is 5.60. The molecule has 1 atom stereocenters. The summed E-state index contributed by atoms with van der Waals surface area (Å²) in [5, 5.41) is 12.0. The van der Waals surface area contributed by atoms with Gasteiger partial charge in [-0.05, 0) is 12.1 Å². The summed E-state index contributed by atoms with van der Waals surface area (Å²) in [6.45, 7) is 0.525. The molecule has 3 aromatic rings. The Labute approximate surface area is 197 Å². The minimum absolute atomic E-state index is 0.0648. The number of morpholine rings is 1. The minimum Gasteiger partial charge on any atom is -0.493 e. The van der Waals surface area contributed by atoms with Crippen LogP contribution in [0.1, 0.15) is 16.1 Å². The fourth-order valence-corrected chi connectivity index (χ4v) is 4.17. The zero-order valence-electron chi connectivity index (χ0n) is 18.3. The summed E-state index contributed by atoms with van der Waals surface area (Å²) in [6, 6.07) is 3.95. The van der Waals surface area contributed by atoms with E-state index in [9.17, 15) is 14.7 Å². The van der Waals surface area contributed by atoms with Crippen LogP contribution >= 0.6 is 11.6 Å². The summed E-state index contributed by atoms with van der Waals surface area (Å²) in [6.07, 6.45) is 0.144. The number of rotatable bonds is 5. The second kappa shape index (κ2) is 9.43. The zero-order chi connectivity index (χ0) is 24.6. The maximum atomic E-state index is 15.4. The van der Waals surface area contributed by atoms with Crippen molar-refractivity contribution in [1.29, 1.82) is 0 Å². The number of methoxy groups -OCH3 is 1. The molecule has 1 unspecified atom stereocenters. The van der Waals surface area contributed by atoms with E-state index in [1.54, 1.807) is 22.7 Å². The van der Waals surface area contributed by atoms with Gasteiger partial charge < -0.3 is 29.2 Å². The molecule has 180 valence electrons. The topological polar surface area (TPSA) is 105 Å². The van der Waals surface area contributed by atoms with Crippen LogP contribution in [0.3, 0.4) is 0 Å². The van der Waals surface area contributed by atoms with E-state index in [0.29, 0.717) is 16.4 Å². The molecule has 2 aromatic heterocycles. The normalized spacial score (nSPS) is 16.0. The van der Waals surface area contributed by atoms with Crippen molar-refractivity contribution in [2.45, 2.75) is 12.5 Å². The van der Waals surface area contributed by atoms with Crippen LogP contribution in [-0.4, -0.2) is 71.3 Å². The molecule has 0 saturated carbocycles. The van der Waals surface area contributed by atoms with Crippen molar-refractivity contribution in [3.05, 3.63) is 52.3 Å². The number of hydrogen-bond acceptors (Lipinski definition) is 5. The van der Waals surface area contributed by atoms with Crippen LogP contribution in [0.4, 0.5) is 13.6 Å². The van der Waals surface area contributed by atoms with E-state index >= 15 is 8.78 Å². The monoisotopic (exact) mass is 494 g/mol. The van der Waals surface area contributed by atoms with Crippen molar-refractivity contribution in [2.75, 3.05) is 33.9 Å². The van der Waals surface area contributed by atoms with E-state index in [-0.39, 0.29) is 37.4 Å². The van der Waals surface area contributed by atoms with Crippen LogP contribution in [0.2, 0.25) is 5.02 Å². The lowest BCUT2D eigenvalue weighted by atomic mass is 10.0. The van der Waals surface area contributed by atoms with Gasteiger partial charge in [0.25, 0.3) is 5.91 Å². The van der Waals surface area contributed by atoms with E-state index in [2.05, 4.69) is 10.3 Å². The number of carbonyl (C=O) groups excluding carboxylic acids is 1. The van der Waals surface area contributed by atoms with Crippen molar-refractivity contribution in [3.63, 3.8) is 0 Å². The Balaban J connectivity index is 1.89. The summed E-state index contributed by atoms with van der Waals surface area (Å²) < 4.78 is 43.1. The maximum absolute atomic E-state index is 15.4. The number of hydrogen-bond donors (Lipinski definition) is 2. The van der Waals surface area contributed by atoms with Gasteiger partial charge in [0.1, 0.15) is 11.5 Å². The third-order valence-corrected chi connectivity index (χ3v) is 5.84. The molecule has 1 aromatic carbocycles. The van der Waals surface area contributed by atoms with Gasteiger partial charge in [-0.15, -0.1) is 0 Å². The van der Waals surface area contributed by atoms with Crippen molar-refractivity contribution < 1.29 is 33.0 Å². The Morgan fingerprint density at radius 2 is 2.15 bits per heavy atom. The van der Waals surface area contributed by atoms with E-state index in [1.165, 1.54) is 11.9 Å². The average Bonchev–Trinajstić information content (AvgIpc) is 3.16. The van der Waals surface area contributed by atoms with Crippen molar-refractivity contribution in [1.82, 2.24) is 19.6 Å². The SMILES string of the molecule is CNC(=O)c1cc(F)c(-c2nc3cc(Cl)ccn3c2CC2CN(C(=O)O)CCO2)c(OC)c1F. The van der Waals surface area contributed by atoms with Gasteiger partial charge in [0.15, 0.2) is 11.6 Å². The van der Waals surface area contributed by atoms with Crippen molar-refractivity contribution >= 4 is 29.2 Å². The van der Waals surface area contributed by atoms with Gasteiger partial charge in [0.05, 0.1) is 48.9 Å². The predicted molar refractivity (Wildman–Crippen MR) is 119 cm³/mol. The Bertz CT molecular complexity index is 1280. The largest absolute Gasteiger partial charge is 0.493 e. The van der Waals surface area contributed by atoms with Gasteiger partial charge in [-0.1, -0.05) is 11.6 Å². The molecule has 0 aliphatic carbocycles. The highest BCUT2D eigenvalue weighted by atomic mass is 35.5. The van der Waals surface area contributed by atoms with Gasteiger partial charge in [0, 0.05) is 37.3 Å². The molecule has 2 amide bonds. The molecule has 12 heteroatoms. The molecule has 34 heavy (non-hydrogen) atoms. The van der Waals surface area contributed by atoms with Crippen LogP contribution in [0.15, 0.2) is 24.4 Å². The summed E-state index contributed by atoms with van der Waals surface area (Å²) in [4.78, 5) is 29.1. The number of imidazole rings is 1. The van der Waals surface area contributed by atoms with Crippen LogP contribution in [0.25, 0.3) is 16.9 Å². The van der Waals surface area contributed by atoms with Gasteiger partial charge in [0.2, 0.25) is 0 Å². The zero-order valence-corrected chi connectivity index (χ0v) is 19.0. The Kier molecular flexibility index (Phi) is 6.58. The first-order valence-corrected chi connectivity index (χ1v) is 10.7. The number of nitrogens with zero attached hydrogens (tertiary/aromatic N) is 3. The van der Waals surface area contributed by atoms with Gasteiger partial charge in [-0.25, -0.2) is 18.6 Å². The molecule has 1 fully saturated rings. The standard InChI is InChI=1S/C22H21ClF2N4O5/c1-26-21(30)13-9-14(24)17(20(33-2)18(13)25)19-15(29-4-3-11(23)7-16(29)27-19)8-12-10-28(22(31)32)5-6-34-12/h3-4,7,9,12H,5-6,8,10H2,1-2H3,(H,26,30)(H,31,32). The van der Waals surface area contributed by atoms with Crippen LogP contribution in [0, 0.1) is 11.6 Å². The third kappa shape index (κ3) is 4.24. The molecule has 1 saturated heterocycles. The lowest BCUT2D eigenvalue weighted by molar-refractivity contribution is -0.0214. The van der Waals surface area contributed by atoms with E-state index in [0.717, 1.165) is 13.2 Å². The lowest BCUT2D eigenvalue weighted by Crippen LogP contribution is -2.45. The Morgan fingerprint density at radius 3 is 2.82 bits per heavy atom. The molecular weight excluding hydrogens is 474 g/mol. The van der Waals surface area contributed by atoms with Crippen LogP contribution in [-0.2, 0) is 11.2 Å². The average molecular weight is 495 g/mol. The van der Waals surface area contributed by atoms with E-state index in [1.807, 2.05) is 0 Å². The highest BCUT2D eigenvalue weighted by Crippen LogP contribution is 2.39. The smallest absolute Gasteiger partial charge is 0.407 e. The first-order valence-electron chi connectivity index (χ1n) is 10.3. The fraction of sp³-hybridized carbons (Fsp3) is 0.318. The van der Waals surface area contributed by atoms with Crippen molar-refractivity contribution in [2.24, 2.45) is 0 Å². The summed E-state index contributed by atoms with van der Waals surface area (Å²) in [7, 11) is 2.46. The summed E-state index contributed by atoms with van der Waals surface area (Å²) in [5.41, 5.74) is 0.0823. The van der Waals surface area contributed by atoms with E-state index in [4.69, 9.17) is 21.1 Å². The molecule has 2 N–H and O–H groups in total. The molecule has 0 spiro atoms. The summed E-state index contributed by atoms with van der Waals surface area (Å²) in [5.74, 6) is -3.24. The van der Waals surface area contributed by atoms with Gasteiger partial charge >= 0.3 is 6.09 Å². The molecule has 1 aliphatic heterocycles.